The average Bonchev–Trinajstić information content (AvgIpc) is 2.38. The van der Waals surface area contributed by atoms with Crippen LogP contribution in [-0.4, -0.2) is 18.7 Å². The van der Waals surface area contributed by atoms with E-state index in [-0.39, 0.29) is 36.5 Å². The van der Waals surface area contributed by atoms with E-state index < -0.39 is 0 Å². The molecule has 18 heavy (non-hydrogen) atoms. The van der Waals surface area contributed by atoms with Crippen molar-refractivity contribution >= 4 is 11.9 Å². The molecular weight excluding hydrogens is 234 g/mol. The molecule has 1 fully saturated rings. The van der Waals surface area contributed by atoms with E-state index in [1.54, 1.807) is 13.8 Å². The molecule has 1 aliphatic rings. The summed E-state index contributed by atoms with van der Waals surface area (Å²) < 4.78 is 9.68. The van der Waals surface area contributed by atoms with Crippen LogP contribution in [0, 0.1) is 29.1 Å². The molecule has 0 amide bonds. The van der Waals surface area contributed by atoms with Gasteiger partial charge in [-0.05, 0) is 25.7 Å². The number of ether oxygens (including phenoxy) is 2. The molecule has 1 aliphatic carbocycles. The summed E-state index contributed by atoms with van der Waals surface area (Å²) in [5.74, 6) is -1.03. The van der Waals surface area contributed by atoms with Gasteiger partial charge in [0.25, 0.3) is 0 Å². The third-order valence-electron chi connectivity index (χ3n) is 3.12. The van der Waals surface area contributed by atoms with E-state index in [2.05, 4.69) is 6.07 Å². The molecule has 0 spiro atoms. The number of nitriles is 1. The first-order chi connectivity index (χ1) is 8.54. The Bertz CT molecular complexity index is 337. The molecule has 0 aromatic heterocycles. The lowest BCUT2D eigenvalue weighted by molar-refractivity contribution is -0.172. The molecule has 1 rings (SSSR count). The molecule has 0 unspecified atom stereocenters. The van der Waals surface area contributed by atoms with Gasteiger partial charge in [0.2, 0.25) is 6.79 Å². The van der Waals surface area contributed by atoms with Crippen molar-refractivity contribution < 1.29 is 19.1 Å². The van der Waals surface area contributed by atoms with Crippen LogP contribution in [0.3, 0.4) is 0 Å². The first-order valence-corrected chi connectivity index (χ1v) is 6.27. The van der Waals surface area contributed by atoms with Crippen LogP contribution in [0.4, 0.5) is 0 Å². The first kappa shape index (κ1) is 14.5. The normalized spacial score (nSPS) is 23.2. The quantitative estimate of drug-likeness (QED) is 0.566. The lowest BCUT2D eigenvalue weighted by atomic mass is 9.83. The van der Waals surface area contributed by atoms with Crippen molar-refractivity contribution in [2.24, 2.45) is 17.8 Å². The van der Waals surface area contributed by atoms with Crippen molar-refractivity contribution in [3.63, 3.8) is 0 Å². The van der Waals surface area contributed by atoms with Gasteiger partial charge in [0.1, 0.15) is 0 Å². The van der Waals surface area contributed by atoms with Crippen LogP contribution < -0.4 is 0 Å². The molecule has 0 bridgehead atoms. The van der Waals surface area contributed by atoms with E-state index in [1.165, 1.54) is 0 Å². The Morgan fingerprint density at radius 2 is 1.83 bits per heavy atom. The van der Waals surface area contributed by atoms with Crippen molar-refractivity contribution in [2.45, 2.75) is 39.5 Å². The molecule has 0 aromatic carbocycles. The van der Waals surface area contributed by atoms with Crippen molar-refractivity contribution in [1.29, 1.82) is 5.26 Å². The van der Waals surface area contributed by atoms with Crippen molar-refractivity contribution in [3.8, 4) is 6.07 Å². The summed E-state index contributed by atoms with van der Waals surface area (Å²) in [6.45, 7) is 3.12. The highest BCUT2D eigenvalue weighted by Crippen LogP contribution is 2.28. The Morgan fingerprint density at radius 3 is 2.33 bits per heavy atom. The fourth-order valence-corrected chi connectivity index (χ4v) is 1.89. The second-order valence-electron chi connectivity index (χ2n) is 4.88. The van der Waals surface area contributed by atoms with Gasteiger partial charge in [-0.1, -0.05) is 13.8 Å². The summed E-state index contributed by atoms with van der Waals surface area (Å²) in [5, 5.41) is 8.75. The summed E-state index contributed by atoms with van der Waals surface area (Å²) in [6.07, 6.45) is 2.83. The maximum Gasteiger partial charge on any atom is 0.311 e. The number of hydrogen-bond acceptors (Lipinski definition) is 5. The number of nitrogens with zero attached hydrogens (tertiary/aromatic N) is 1. The zero-order valence-corrected chi connectivity index (χ0v) is 10.8. The molecular formula is C13H19NO4. The molecule has 0 radical (unpaired) electrons. The van der Waals surface area contributed by atoms with Crippen LogP contribution in [0.5, 0.6) is 0 Å². The van der Waals surface area contributed by atoms with Gasteiger partial charge in [-0.15, -0.1) is 0 Å². The molecule has 1 saturated carbocycles. The largest absolute Gasteiger partial charge is 0.428 e. The minimum Gasteiger partial charge on any atom is -0.428 e. The molecule has 0 saturated heterocycles. The first-order valence-electron chi connectivity index (χ1n) is 6.27. The van der Waals surface area contributed by atoms with Crippen molar-refractivity contribution in [1.82, 2.24) is 0 Å². The van der Waals surface area contributed by atoms with Gasteiger partial charge in [0.15, 0.2) is 0 Å². The summed E-state index contributed by atoms with van der Waals surface area (Å²) in [7, 11) is 0. The van der Waals surface area contributed by atoms with E-state index in [0.717, 1.165) is 12.8 Å². The molecule has 5 nitrogen and oxygen atoms in total. The molecule has 100 valence electrons. The summed E-state index contributed by atoms with van der Waals surface area (Å²) in [5.41, 5.74) is 0. The number of esters is 2. The Kier molecular flexibility index (Phi) is 5.63. The standard InChI is InChI=1S/C13H19NO4/c1-9(2)12(15)17-8-18-13(16)11-5-3-10(7-14)4-6-11/h9-11H,3-6,8H2,1-2H3. The highest BCUT2D eigenvalue weighted by atomic mass is 16.7. The van der Waals surface area contributed by atoms with Crippen molar-refractivity contribution in [3.05, 3.63) is 0 Å². The third kappa shape index (κ3) is 4.36. The fraction of sp³-hybridized carbons (Fsp3) is 0.769. The highest BCUT2D eigenvalue weighted by molar-refractivity contribution is 5.73. The smallest absolute Gasteiger partial charge is 0.311 e. The van der Waals surface area contributed by atoms with Crippen LogP contribution in [0.1, 0.15) is 39.5 Å². The van der Waals surface area contributed by atoms with Gasteiger partial charge >= 0.3 is 11.9 Å². The van der Waals surface area contributed by atoms with Crippen molar-refractivity contribution in [2.75, 3.05) is 6.79 Å². The summed E-state index contributed by atoms with van der Waals surface area (Å²) in [4.78, 5) is 22.8. The van der Waals surface area contributed by atoms with Crippen LogP contribution in [0.15, 0.2) is 0 Å². The second-order valence-corrected chi connectivity index (χ2v) is 4.88. The van der Waals surface area contributed by atoms with Gasteiger partial charge < -0.3 is 9.47 Å². The Hall–Kier alpha value is -1.57. The Morgan fingerprint density at radius 1 is 1.22 bits per heavy atom. The van der Waals surface area contributed by atoms with E-state index in [4.69, 9.17) is 14.7 Å². The molecule has 0 atom stereocenters. The van der Waals surface area contributed by atoms with Crippen LogP contribution >= 0.6 is 0 Å². The number of carbonyl (C=O) groups excluding carboxylic acids is 2. The highest BCUT2D eigenvalue weighted by Gasteiger charge is 2.27. The minimum absolute atomic E-state index is 0.0628. The SMILES string of the molecule is CC(C)C(=O)OCOC(=O)C1CCC(C#N)CC1. The number of carbonyl (C=O) groups is 2. The monoisotopic (exact) mass is 253 g/mol. The van der Waals surface area contributed by atoms with E-state index in [9.17, 15) is 9.59 Å². The summed E-state index contributed by atoms with van der Waals surface area (Å²) in [6, 6.07) is 2.21. The molecule has 0 N–H and O–H groups in total. The van der Waals surface area contributed by atoms with Gasteiger partial charge in [-0.2, -0.15) is 5.26 Å². The zero-order valence-electron chi connectivity index (χ0n) is 10.8. The lowest BCUT2D eigenvalue weighted by Crippen LogP contribution is -2.25. The number of hydrogen-bond donors (Lipinski definition) is 0. The third-order valence-corrected chi connectivity index (χ3v) is 3.12. The van der Waals surface area contributed by atoms with Gasteiger partial charge in [0.05, 0.1) is 17.9 Å². The zero-order chi connectivity index (χ0) is 13.5. The van der Waals surface area contributed by atoms with Crippen LogP contribution in [0.2, 0.25) is 0 Å². The number of rotatable bonds is 4. The second kappa shape index (κ2) is 7.00. The average molecular weight is 253 g/mol. The van der Waals surface area contributed by atoms with E-state index in [0.29, 0.717) is 12.8 Å². The van der Waals surface area contributed by atoms with Gasteiger partial charge in [-0.25, -0.2) is 0 Å². The maximum atomic E-state index is 11.6. The maximum absolute atomic E-state index is 11.6. The van der Waals surface area contributed by atoms with Gasteiger partial charge in [-0.3, -0.25) is 9.59 Å². The Labute approximate surface area is 107 Å². The lowest BCUT2D eigenvalue weighted by Gasteiger charge is -2.23. The molecule has 0 aromatic rings. The predicted molar refractivity (Wildman–Crippen MR) is 63.0 cm³/mol. The van der Waals surface area contributed by atoms with E-state index >= 15 is 0 Å². The predicted octanol–water partition coefficient (Wildman–Crippen LogP) is 2.02. The topological polar surface area (TPSA) is 76.4 Å². The van der Waals surface area contributed by atoms with Crippen LogP contribution in [-0.2, 0) is 19.1 Å². The molecule has 0 heterocycles. The summed E-state index contributed by atoms with van der Waals surface area (Å²) >= 11 is 0. The molecule has 5 heteroatoms. The van der Waals surface area contributed by atoms with E-state index in [1.807, 2.05) is 0 Å². The van der Waals surface area contributed by atoms with Gasteiger partial charge in [0, 0.05) is 5.92 Å². The molecule has 0 aliphatic heterocycles. The minimum atomic E-state index is -0.379. The van der Waals surface area contributed by atoms with Crippen LogP contribution in [0.25, 0.3) is 0 Å². The fourth-order valence-electron chi connectivity index (χ4n) is 1.89. The Balaban J connectivity index is 2.22.